The standard InChI is InChI=1S/C19H24N2O3/c20-13-18-12-16(14-24-18)19(22)21-9-6-17(7-10-21)23-11-8-15-4-2-1-3-5-15/h1-5,12,14,17H,6-11,13,20H2. The van der Waals surface area contributed by atoms with Crippen LogP contribution >= 0.6 is 0 Å². The average molecular weight is 328 g/mol. The lowest BCUT2D eigenvalue weighted by Gasteiger charge is -2.31. The zero-order chi connectivity index (χ0) is 16.8. The predicted octanol–water partition coefficient (Wildman–Crippen LogP) is 2.60. The van der Waals surface area contributed by atoms with Gasteiger partial charge in [0.15, 0.2) is 0 Å². The van der Waals surface area contributed by atoms with Gasteiger partial charge in [0.1, 0.15) is 12.0 Å². The summed E-state index contributed by atoms with van der Waals surface area (Å²) in [4.78, 5) is 14.3. The Balaban J connectivity index is 1.41. The molecule has 1 saturated heterocycles. The topological polar surface area (TPSA) is 68.7 Å². The third kappa shape index (κ3) is 4.24. The molecular weight excluding hydrogens is 304 g/mol. The van der Waals surface area contributed by atoms with Crippen LogP contribution in [0, 0.1) is 0 Å². The number of ether oxygens (including phenoxy) is 1. The molecule has 3 rings (SSSR count). The largest absolute Gasteiger partial charge is 0.467 e. The molecular formula is C19H24N2O3. The van der Waals surface area contributed by atoms with Gasteiger partial charge >= 0.3 is 0 Å². The quantitative estimate of drug-likeness (QED) is 0.885. The molecule has 0 radical (unpaired) electrons. The Labute approximate surface area is 142 Å². The number of piperidine rings is 1. The Bertz CT molecular complexity index is 646. The summed E-state index contributed by atoms with van der Waals surface area (Å²) in [5.74, 6) is 0.652. The van der Waals surface area contributed by atoms with E-state index in [4.69, 9.17) is 14.9 Å². The summed E-state index contributed by atoms with van der Waals surface area (Å²) in [5, 5.41) is 0. The fourth-order valence-corrected chi connectivity index (χ4v) is 3.00. The van der Waals surface area contributed by atoms with Crippen LogP contribution in [0.1, 0.15) is 34.5 Å². The minimum Gasteiger partial charge on any atom is -0.467 e. The Morgan fingerprint density at radius 1 is 1.25 bits per heavy atom. The van der Waals surface area contributed by atoms with Crippen molar-refractivity contribution in [2.75, 3.05) is 19.7 Å². The molecule has 0 aliphatic carbocycles. The zero-order valence-electron chi connectivity index (χ0n) is 13.8. The highest BCUT2D eigenvalue weighted by atomic mass is 16.5. The molecule has 2 aromatic rings. The van der Waals surface area contributed by atoms with Crippen molar-refractivity contribution in [3.05, 3.63) is 59.5 Å². The van der Waals surface area contributed by atoms with Crippen molar-refractivity contribution in [1.82, 2.24) is 4.90 Å². The molecule has 5 nitrogen and oxygen atoms in total. The molecule has 0 atom stereocenters. The summed E-state index contributed by atoms with van der Waals surface area (Å²) >= 11 is 0. The van der Waals surface area contributed by atoms with Crippen LogP contribution < -0.4 is 5.73 Å². The van der Waals surface area contributed by atoms with Gasteiger partial charge < -0.3 is 19.8 Å². The van der Waals surface area contributed by atoms with Gasteiger partial charge in [-0.1, -0.05) is 30.3 Å². The van der Waals surface area contributed by atoms with Crippen molar-refractivity contribution in [2.45, 2.75) is 31.9 Å². The number of hydrogen-bond acceptors (Lipinski definition) is 4. The fraction of sp³-hybridized carbons (Fsp3) is 0.421. The highest BCUT2D eigenvalue weighted by molar-refractivity contribution is 5.94. The van der Waals surface area contributed by atoms with Gasteiger partial charge in [-0.3, -0.25) is 4.79 Å². The van der Waals surface area contributed by atoms with Crippen LogP contribution in [-0.4, -0.2) is 36.6 Å². The van der Waals surface area contributed by atoms with Gasteiger partial charge in [0.25, 0.3) is 5.91 Å². The number of furan rings is 1. The minimum atomic E-state index is 0.0150. The molecule has 128 valence electrons. The maximum Gasteiger partial charge on any atom is 0.257 e. The second kappa shape index (κ2) is 8.13. The Kier molecular flexibility index (Phi) is 5.67. The third-order valence-corrected chi connectivity index (χ3v) is 4.42. The summed E-state index contributed by atoms with van der Waals surface area (Å²) in [5.41, 5.74) is 7.39. The number of carbonyl (C=O) groups is 1. The molecule has 0 bridgehead atoms. The summed E-state index contributed by atoms with van der Waals surface area (Å²) < 4.78 is 11.2. The Morgan fingerprint density at radius 2 is 2.00 bits per heavy atom. The van der Waals surface area contributed by atoms with Gasteiger partial charge in [0.05, 0.1) is 24.8 Å². The van der Waals surface area contributed by atoms with E-state index in [-0.39, 0.29) is 12.0 Å². The number of benzene rings is 1. The lowest BCUT2D eigenvalue weighted by atomic mass is 10.1. The third-order valence-electron chi connectivity index (χ3n) is 4.42. The van der Waals surface area contributed by atoms with Gasteiger partial charge in [0, 0.05) is 13.1 Å². The fourth-order valence-electron chi connectivity index (χ4n) is 3.00. The number of nitrogens with zero attached hydrogens (tertiary/aromatic N) is 1. The smallest absolute Gasteiger partial charge is 0.257 e. The van der Waals surface area contributed by atoms with Gasteiger partial charge in [-0.05, 0) is 30.9 Å². The van der Waals surface area contributed by atoms with Crippen molar-refractivity contribution in [3.63, 3.8) is 0 Å². The summed E-state index contributed by atoms with van der Waals surface area (Å²) in [6.45, 7) is 2.48. The predicted molar refractivity (Wildman–Crippen MR) is 91.6 cm³/mol. The van der Waals surface area contributed by atoms with E-state index in [1.54, 1.807) is 6.07 Å². The lowest BCUT2D eigenvalue weighted by Crippen LogP contribution is -2.40. The molecule has 0 spiro atoms. The van der Waals surface area contributed by atoms with E-state index in [0.29, 0.717) is 17.9 Å². The van der Waals surface area contributed by atoms with E-state index in [1.807, 2.05) is 23.1 Å². The van der Waals surface area contributed by atoms with Crippen molar-refractivity contribution in [1.29, 1.82) is 0 Å². The molecule has 5 heteroatoms. The van der Waals surface area contributed by atoms with Crippen molar-refractivity contribution < 1.29 is 13.9 Å². The minimum absolute atomic E-state index is 0.0150. The molecule has 0 saturated carbocycles. The van der Waals surface area contributed by atoms with Crippen LogP contribution in [0.2, 0.25) is 0 Å². The van der Waals surface area contributed by atoms with Crippen LogP contribution in [0.3, 0.4) is 0 Å². The molecule has 1 aliphatic rings. The second-order valence-corrected chi connectivity index (χ2v) is 6.10. The first-order chi connectivity index (χ1) is 11.8. The molecule has 1 aliphatic heterocycles. The Hall–Kier alpha value is -2.11. The maximum atomic E-state index is 12.4. The summed E-state index contributed by atoms with van der Waals surface area (Å²) in [6.07, 6.45) is 4.41. The van der Waals surface area contributed by atoms with Gasteiger partial charge in [-0.2, -0.15) is 0 Å². The summed E-state index contributed by atoms with van der Waals surface area (Å²) in [7, 11) is 0. The van der Waals surface area contributed by atoms with Gasteiger partial charge in [0.2, 0.25) is 0 Å². The first-order valence-electron chi connectivity index (χ1n) is 8.48. The van der Waals surface area contributed by atoms with E-state index in [9.17, 15) is 4.79 Å². The monoisotopic (exact) mass is 328 g/mol. The van der Waals surface area contributed by atoms with E-state index >= 15 is 0 Å². The molecule has 2 heterocycles. The van der Waals surface area contributed by atoms with E-state index in [0.717, 1.165) is 39.0 Å². The lowest BCUT2D eigenvalue weighted by molar-refractivity contribution is 0.0100. The van der Waals surface area contributed by atoms with Crippen LogP contribution in [-0.2, 0) is 17.7 Å². The maximum absolute atomic E-state index is 12.4. The number of amides is 1. The van der Waals surface area contributed by atoms with Crippen molar-refractivity contribution in [3.8, 4) is 0 Å². The van der Waals surface area contributed by atoms with E-state index in [1.165, 1.54) is 11.8 Å². The number of rotatable bonds is 6. The average Bonchev–Trinajstić information content (AvgIpc) is 3.12. The molecule has 0 unspecified atom stereocenters. The SMILES string of the molecule is NCc1cc(C(=O)N2CCC(OCCc3ccccc3)CC2)co1. The van der Waals surface area contributed by atoms with Crippen LogP contribution in [0.5, 0.6) is 0 Å². The first-order valence-corrected chi connectivity index (χ1v) is 8.48. The molecule has 24 heavy (non-hydrogen) atoms. The second-order valence-electron chi connectivity index (χ2n) is 6.10. The van der Waals surface area contributed by atoms with Crippen LogP contribution in [0.4, 0.5) is 0 Å². The normalized spacial score (nSPS) is 15.6. The van der Waals surface area contributed by atoms with Crippen molar-refractivity contribution >= 4 is 5.91 Å². The molecule has 1 fully saturated rings. The highest BCUT2D eigenvalue weighted by Gasteiger charge is 2.24. The zero-order valence-corrected chi connectivity index (χ0v) is 13.8. The van der Waals surface area contributed by atoms with Crippen LogP contribution in [0.25, 0.3) is 0 Å². The summed E-state index contributed by atoms with van der Waals surface area (Å²) in [6, 6.07) is 12.1. The van der Waals surface area contributed by atoms with Crippen molar-refractivity contribution in [2.24, 2.45) is 5.73 Å². The van der Waals surface area contributed by atoms with E-state index < -0.39 is 0 Å². The molecule has 1 amide bonds. The highest BCUT2D eigenvalue weighted by Crippen LogP contribution is 2.18. The Morgan fingerprint density at radius 3 is 2.67 bits per heavy atom. The number of carbonyl (C=O) groups excluding carboxylic acids is 1. The number of likely N-dealkylation sites (tertiary alicyclic amines) is 1. The van der Waals surface area contributed by atoms with Gasteiger partial charge in [-0.15, -0.1) is 0 Å². The number of hydrogen-bond donors (Lipinski definition) is 1. The molecule has 2 N–H and O–H groups in total. The van der Waals surface area contributed by atoms with Crippen LogP contribution in [0.15, 0.2) is 47.1 Å². The van der Waals surface area contributed by atoms with E-state index in [2.05, 4.69) is 12.1 Å². The molecule has 1 aromatic carbocycles. The van der Waals surface area contributed by atoms with Gasteiger partial charge in [-0.25, -0.2) is 0 Å². The first kappa shape index (κ1) is 16.7. The molecule has 1 aromatic heterocycles. The number of nitrogens with two attached hydrogens (primary N) is 1.